The first-order valence-corrected chi connectivity index (χ1v) is 11.3. The normalized spacial score (nSPS) is 14.4. The third-order valence-corrected chi connectivity index (χ3v) is 5.82. The van der Waals surface area contributed by atoms with E-state index < -0.39 is 50.6 Å². The second-order valence-corrected chi connectivity index (χ2v) is 8.92. The van der Waals surface area contributed by atoms with Gasteiger partial charge in [-0.05, 0) is 48.7 Å². The number of carbonyl (C=O) groups is 1. The van der Waals surface area contributed by atoms with Crippen LogP contribution in [0.4, 0.5) is 39.5 Å². The number of hydrogen-bond acceptors (Lipinski definition) is 4. The predicted octanol–water partition coefficient (Wildman–Crippen LogP) is 6.35. The van der Waals surface area contributed by atoms with Crippen LogP contribution in [0.25, 0.3) is 0 Å². The van der Waals surface area contributed by atoms with Crippen molar-refractivity contribution in [1.29, 1.82) is 0 Å². The minimum Gasteiger partial charge on any atom is -0.486 e. The van der Waals surface area contributed by atoms with E-state index >= 15 is 0 Å². The summed E-state index contributed by atoms with van der Waals surface area (Å²) < 4.78 is 157. The van der Waals surface area contributed by atoms with E-state index in [0.717, 1.165) is 36.4 Å². The lowest BCUT2D eigenvalue weighted by atomic mass is 9.93. The summed E-state index contributed by atoms with van der Waals surface area (Å²) in [4.78, 5) is 10.1. The smallest absolute Gasteiger partial charge is 0.460 e. The van der Waals surface area contributed by atoms with Gasteiger partial charge >= 0.3 is 23.9 Å². The molecule has 0 amide bonds. The Hall–Kier alpha value is -2.81. The van der Waals surface area contributed by atoms with Crippen molar-refractivity contribution in [2.75, 3.05) is 0 Å². The highest BCUT2D eigenvalue weighted by atomic mass is 32.2. The molecule has 15 heteroatoms. The number of carbonyl (C=O) groups excluding carboxylic acids is 1. The molecular weight excluding hydrogens is 535 g/mol. The van der Waals surface area contributed by atoms with E-state index in [4.69, 9.17) is 9.29 Å². The van der Waals surface area contributed by atoms with Gasteiger partial charge in [-0.15, -0.1) is 0 Å². The Morgan fingerprint density at radius 3 is 1.97 bits per heavy atom. The van der Waals surface area contributed by atoms with Crippen LogP contribution < -0.4 is 4.74 Å². The van der Waals surface area contributed by atoms with Gasteiger partial charge in [-0.1, -0.05) is 18.2 Å². The average Bonchev–Trinajstić information content (AvgIpc) is 2.77. The second-order valence-electron chi connectivity index (χ2n) is 7.50. The standard InChI is InChI=1S/C21H17F9O5S/c22-18(23,19(24,25)20(26,27)21(28,29)30)14-5-3-4-13(12-14)17(6-1-2-11-31)35-15-7-9-16(10-8-15)36(32,33)34/h3-5,7-12,17H,1-2,6H2,(H,32,33,34). The Kier molecular flexibility index (Phi) is 8.40. The van der Waals surface area contributed by atoms with Gasteiger partial charge in [0.2, 0.25) is 0 Å². The summed E-state index contributed by atoms with van der Waals surface area (Å²) >= 11 is 0. The van der Waals surface area contributed by atoms with Crippen molar-refractivity contribution in [3.8, 4) is 5.75 Å². The van der Waals surface area contributed by atoms with E-state index in [0.29, 0.717) is 6.29 Å². The molecule has 0 saturated carbocycles. The number of unbranched alkanes of at least 4 members (excludes halogenated alkanes) is 1. The number of aldehydes is 1. The van der Waals surface area contributed by atoms with Crippen molar-refractivity contribution in [3.63, 3.8) is 0 Å². The Morgan fingerprint density at radius 2 is 1.47 bits per heavy atom. The SMILES string of the molecule is O=CCCCC(Oc1ccc(S(=O)(=O)O)cc1)c1cccc(C(F)(F)C(F)(F)C(F)(F)C(F)(F)F)c1. The van der Waals surface area contributed by atoms with E-state index in [9.17, 15) is 52.7 Å². The summed E-state index contributed by atoms with van der Waals surface area (Å²) in [7, 11) is -4.57. The minimum atomic E-state index is -7.06. The fourth-order valence-corrected chi connectivity index (χ4v) is 3.51. The summed E-state index contributed by atoms with van der Waals surface area (Å²) in [5.74, 6) is -20.0. The van der Waals surface area contributed by atoms with E-state index in [-0.39, 0.29) is 42.7 Å². The molecule has 0 aliphatic heterocycles. The van der Waals surface area contributed by atoms with Crippen LogP contribution in [0, 0.1) is 0 Å². The van der Waals surface area contributed by atoms with Gasteiger partial charge in [0.25, 0.3) is 10.1 Å². The molecule has 0 spiro atoms. The molecule has 0 bridgehead atoms. The second kappa shape index (κ2) is 10.3. The van der Waals surface area contributed by atoms with E-state index in [1.54, 1.807) is 0 Å². The molecule has 2 aromatic rings. The zero-order chi connectivity index (χ0) is 27.6. The lowest BCUT2D eigenvalue weighted by molar-refractivity contribution is -0.399. The maximum Gasteiger partial charge on any atom is 0.460 e. The zero-order valence-electron chi connectivity index (χ0n) is 17.8. The molecule has 0 saturated heterocycles. The molecule has 0 heterocycles. The third kappa shape index (κ3) is 5.94. The van der Waals surface area contributed by atoms with E-state index in [1.807, 2.05) is 0 Å². The molecule has 1 unspecified atom stereocenters. The quantitative estimate of drug-likeness (QED) is 0.152. The van der Waals surface area contributed by atoms with Crippen molar-refractivity contribution < 1.29 is 62.0 Å². The Bertz CT molecular complexity index is 1160. The number of halogens is 9. The largest absolute Gasteiger partial charge is 0.486 e. The Morgan fingerprint density at radius 1 is 0.889 bits per heavy atom. The van der Waals surface area contributed by atoms with Crippen LogP contribution in [-0.4, -0.2) is 37.3 Å². The van der Waals surface area contributed by atoms with Crippen molar-refractivity contribution in [3.05, 3.63) is 59.7 Å². The summed E-state index contributed by atoms with van der Waals surface area (Å²) in [6.07, 6.45) is -7.86. The van der Waals surface area contributed by atoms with E-state index in [2.05, 4.69) is 0 Å². The van der Waals surface area contributed by atoms with Crippen LogP contribution in [0.3, 0.4) is 0 Å². The maximum absolute atomic E-state index is 14.4. The monoisotopic (exact) mass is 552 g/mol. The Labute approximate surface area is 198 Å². The van der Waals surface area contributed by atoms with Gasteiger partial charge in [0.15, 0.2) is 0 Å². The fourth-order valence-electron chi connectivity index (χ4n) is 3.03. The first-order valence-electron chi connectivity index (χ1n) is 9.84. The number of alkyl halides is 9. The van der Waals surface area contributed by atoms with Crippen LogP contribution in [-0.2, 0) is 20.8 Å². The van der Waals surface area contributed by atoms with Gasteiger partial charge in [0, 0.05) is 12.0 Å². The number of ether oxygens (including phenoxy) is 1. The molecule has 0 fully saturated rings. The highest BCUT2D eigenvalue weighted by Crippen LogP contribution is 2.56. The van der Waals surface area contributed by atoms with Gasteiger partial charge in [-0.3, -0.25) is 4.55 Å². The number of rotatable bonds is 11. The third-order valence-electron chi connectivity index (χ3n) is 4.95. The molecule has 1 atom stereocenters. The maximum atomic E-state index is 14.4. The van der Waals surface area contributed by atoms with Gasteiger partial charge in [0.1, 0.15) is 18.1 Å². The lowest BCUT2D eigenvalue weighted by Crippen LogP contribution is -2.59. The fraction of sp³-hybridized carbons (Fsp3) is 0.381. The molecular formula is C21H17F9O5S. The zero-order valence-corrected chi connectivity index (χ0v) is 18.6. The van der Waals surface area contributed by atoms with E-state index in [1.165, 1.54) is 0 Å². The molecule has 200 valence electrons. The van der Waals surface area contributed by atoms with Gasteiger partial charge in [0.05, 0.1) is 4.90 Å². The molecule has 5 nitrogen and oxygen atoms in total. The summed E-state index contributed by atoms with van der Waals surface area (Å²) in [6, 6.07) is 6.22. The van der Waals surface area contributed by atoms with Crippen molar-refractivity contribution >= 4 is 16.4 Å². The average molecular weight is 552 g/mol. The summed E-state index contributed by atoms with van der Waals surface area (Å²) in [6.45, 7) is 0. The lowest BCUT2D eigenvalue weighted by Gasteiger charge is -2.34. The topological polar surface area (TPSA) is 80.7 Å². The molecule has 0 aromatic heterocycles. The number of benzene rings is 2. The van der Waals surface area contributed by atoms with Gasteiger partial charge in [-0.25, -0.2) is 0 Å². The first kappa shape index (κ1) is 29.4. The van der Waals surface area contributed by atoms with Crippen LogP contribution in [0.2, 0.25) is 0 Å². The molecule has 36 heavy (non-hydrogen) atoms. The molecule has 0 aliphatic carbocycles. The summed E-state index contributed by atoms with van der Waals surface area (Å²) in [5.41, 5.74) is -2.18. The molecule has 1 N–H and O–H groups in total. The van der Waals surface area contributed by atoms with Crippen molar-refractivity contribution in [2.24, 2.45) is 0 Å². The predicted molar refractivity (Wildman–Crippen MR) is 106 cm³/mol. The van der Waals surface area contributed by atoms with Crippen molar-refractivity contribution in [2.45, 2.75) is 54.2 Å². The number of hydrogen-bond donors (Lipinski definition) is 1. The molecule has 2 rings (SSSR count). The molecule has 0 aliphatic rings. The van der Waals surface area contributed by atoms with Gasteiger partial charge < -0.3 is 9.53 Å². The first-order chi connectivity index (χ1) is 16.4. The Balaban J connectivity index is 2.47. The van der Waals surface area contributed by atoms with Crippen LogP contribution >= 0.6 is 0 Å². The van der Waals surface area contributed by atoms with Gasteiger partial charge in [-0.2, -0.15) is 47.9 Å². The summed E-state index contributed by atoms with van der Waals surface area (Å²) in [5, 5.41) is 0. The highest BCUT2D eigenvalue weighted by molar-refractivity contribution is 7.85. The van der Waals surface area contributed by atoms with Crippen LogP contribution in [0.5, 0.6) is 5.75 Å². The van der Waals surface area contributed by atoms with Crippen LogP contribution in [0.15, 0.2) is 53.4 Å². The molecule has 2 aromatic carbocycles. The van der Waals surface area contributed by atoms with Crippen LogP contribution in [0.1, 0.15) is 36.5 Å². The minimum absolute atomic E-state index is 0.0483. The molecule has 0 radical (unpaired) electrons. The van der Waals surface area contributed by atoms with Crippen molar-refractivity contribution in [1.82, 2.24) is 0 Å². The highest BCUT2D eigenvalue weighted by Gasteiger charge is 2.82.